The second-order valence-electron chi connectivity index (χ2n) is 12.7. The van der Waals surface area contributed by atoms with Crippen molar-refractivity contribution >= 4 is 39.1 Å². The number of benzene rings is 4. The summed E-state index contributed by atoms with van der Waals surface area (Å²) in [6.45, 7) is -0.764. The van der Waals surface area contributed by atoms with E-state index in [1.807, 2.05) is 30.3 Å². The number of halogens is 1. The number of nitrogens with one attached hydrogen (secondary N) is 1. The molecule has 1 saturated carbocycles. The summed E-state index contributed by atoms with van der Waals surface area (Å²) >= 11 is 6.66. The molecule has 0 heterocycles. The lowest BCUT2D eigenvalue weighted by Crippen LogP contribution is -2.55. The molecule has 1 aliphatic carbocycles. The molecule has 282 valence electrons. The first-order valence-corrected chi connectivity index (χ1v) is 19.2. The highest BCUT2D eigenvalue weighted by Crippen LogP contribution is 2.38. The number of rotatable bonds is 16. The average molecular weight is 764 g/mol. The molecule has 4 aromatic rings. The van der Waals surface area contributed by atoms with Crippen molar-refractivity contribution in [2.45, 2.75) is 62.0 Å². The minimum Gasteiger partial charge on any atom is -0.497 e. The fourth-order valence-electron chi connectivity index (χ4n) is 6.52. The first kappa shape index (κ1) is 39.3. The van der Waals surface area contributed by atoms with Gasteiger partial charge in [0.15, 0.2) is 11.5 Å². The zero-order chi connectivity index (χ0) is 38.0. The highest BCUT2D eigenvalue weighted by atomic mass is 35.5. The van der Waals surface area contributed by atoms with Crippen LogP contribution in [0.3, 0.4) is 0 Å². The van der Waals surface area contributed by atoms with Crippen LogP contribution in [-0.2, 0) is 32.6 Å². The maximum absolute atomic E-state index is 15.0. The standard InChI is InChI=1S/C40H46ClN3O8S/c1-49-31-19-21-36(50-2)34(24-31)44(53(47,48)32-20-22-37(51-3)38(25-32)52-4)27-39(45)43(26-29-15-11-12-18-33(29)41)35(23-28-13-7-5-8-14-28)40(46)42-30-16-9-6-10-17-30/h5,7-8,11-15,18-22,24-25,30,35H,6,9-10,16-17,23,26-27H2,1-4H3,(H,42,46)/t35-/m1/s1. The van der Waals surface area contributed by atoms with Crippen molar-refractivity contribution in [3.05, 3.63) is 107 Å². The van der Waals surface area contributed by atoms with Gasteiger partial charge in [-0.05, 0) is 54.3 Å². The van der Waals surface area contributed by atoms with E-state index >= 15 is 4.79 Å². The number of anilines is 1. The smallest absolute Gasteiger partial charge is 0.265 e. The minimum atomic E-state index is -4.52. The molecule has 1 aliphatic rings. The van der Waals surface area contributed by atoms with Crippen molar-refractivity contribution < 1.29 is 37.0 Å². The second kappa shape index (κ2) is 18.2. The Labute approximate surface area is 316 Å². The Morgan fingerprint density at radius 3 is 2.11 bits per heavy atom. The molecule has 0 bridgehead atoms. The van der Waals surface area contributed by atoms with Crippen molar-refractivity contribution in [3.8, 4) is 23.0 Å². The third-order valence-corrected chi connectivity index (χ3v) is 11.5. The molecule has 1 fully saturated rings. The van der Waals surface area contributed by atoms with Crippen molar-refractivity contribution in [1.82, 2.24) is 10.2 Å². The van der Waals surface area contributed by atoms with Gasteiger partial charge in [0, 0.05) is 36.2 Å². The van der Waals surface area contributed by atoms with Crippen LogP contribution in [0.15, 0.2) is 95.9 Å². The van der Waals surface area contributed by atoms with Crippen molar-refractivity contribution in [2.75, 3.05) is 39.3 Å². The van der Waals surface area contributed by atoms with Crippen LogP contribution in [0, 0.1) is 0 Å². The maximum atomic E-state index is 15.0. The molecule has 11 nitrogen and oxygen atoms in total. The van der Waals surface area contributed by atoms with E-state index in [4.69, 9.17) is 30.5 Å². The molecule has 53 heavy (non-hydrogen) atoms. The van der Waals surface area contributed by atoms with Crippen LogP contribution in [0.2, 0.25) is 5.02 Å². The Bertz CT molecular complexity index is 1970. The van der Waals surface area contributed by atoms with E-state index < -0.39 is 28.5 Å². The van der Waals surface area contributed by atoms with Gasteiger partial charge < -0.3 is 29.2 Å². The number of carbonyl (C=O) groups is 2. The number of hydrogen-bond donors (Lipinski definition) is 1. The van der Waals surface area contributed by atoms with E-state index in [9.17, 15) is 13.2 Å². The highest BCUT2D eigenvalue weighted by molar-refractivity contribution is 7.92. The number of amides is 2. The fourth-order valence-corrected chi connectivity index (χ4v) is 8.15. The van der Waals surface area contributed by atoms with E-state index in [0.717, 1.165) is 42.0 Å². The predicted octanol–water partition coefficient (Wildman–Crippen LogP) is 6.66. The summed E-state index contributed by atoms with van der Waals surface area (Å²) in [5.74, 6) is 0.0541. The molecule has 5 rings (SSSR count). The van der Waals surface area contributed by atoms with Crippen LogP contribution in [0.5, 0.6) is 23.0 Å². The van der Waals surface area contributed by atoms with Crippen LogP contribution in [0.4, 0.5) is 5.69 Å². The van der Waals surface area contributed by atoms with Gasteiger partial charge in [-0.3, -0.25) is 13.9 Å². The predicted molar refractivity (Wildman–Crippen MR) is 205 cm³/mol. The highest BCUT2D eigenvalue weighted by Gasteiger charge is 2.37. The molecule has 2 amide bonds. The van der Waals surface area contributed by atoms with Crippen LogP contribution >= 0.6 is 11.6 Å². The van der Waals surface area contributed by atoms with E-state index in [-0.39, 0.29) is 47.0 Å². The normalized spacial score (nSPS) is 13.8. The van der Waals surface area contributed by atoms with E-state index in [1.54, 1.807) is 36.4 Å². The quantitative estimate of drug-likeness (QED) is 0.135. The summed E-state index contributed by atoms with van der Waals surface area (Å²) in [4.78, 5) is 30.7. The number of methoxy groups -OCH3 is 4. The van der Waals surface area contributed by atoms with Crippen LogP contribution in [-0.4, -0.2) is 72.2 Å². The van der Waals surface area contributed by atoms with Gasteiger partial charge in [0.2, 0.25) is 11.8 Å². The van der Waals surface area contributed by atoms with Crippen molar-refractivity contribution in [1.29, 1.82) is 0 Å². The summed E-state index contributed by atoms with van der Waals surface area (Å²) in [7, 11) is 1.19. The minimum absolute atomic E-state index is 0.0326. The number of ether oxygens (including phenoxy) is 4. The largest absolute Gasteiger partial charge is 0.497 e. The van der Waals surface area contributed by atoms with E-state index in [2.05, 4.69) is 5.32 Å². The summed E-state index contributed by atoms with van der Waals surface area (Å²) in [6.07, 6.45) is 4.98. The summed E-state index contributed by atoms with van der Waals surface area (Å²) in [6, 6.07) is 24.3. The zero-order valence-electron chi connectivity index (χ0n) is 30.4. The Morgan fingerprint density at radius 2 is 1.45 bits per heavy atom. The van der Waals surface area contributed by atoms with Gasteiger partial charge in [0.1, 0.15) is 24.1 Å². The first-order chi connectivity index (χ1) is 25.6. The molecule has 4 aromatic carbocycles. The van der Waals surface area contributed by atoms with Gasteiger partial charge in [0.25, 0.3) is 10.0 Å². The van der Waals surface area contributed by atoms with Crippen LogP contribution < -0.4 is 28.6 Å². The lowest BCUT2D eigenvalue weighted by Gasteiger charge is -2.35. The van der Waals surface area contributed by atoms with Crippen LogP contribution in [0.1, 0.15) is 43.2 Å². The van der Waals surface area contributed by atoms with Crippen molar-refractivity contribution in [2.24, 2.45) is 0 Å². The van der Waals surface area contributed by atoms with Gasteiger partial charge in [-0.1, -0.05) is 79.4 Å². The molecule has 0 aliphatic heterocycles. The van der Waals surface area contributed by atoms with Crippen LogP contribution in [0.25, 0.3) is 0 Å². The number of sulfonamides is 1. The SMILES string of the molecule is COc1ccc(OC)c(N(CC(=O)N(Cc2ccccc2Cl)[C@H](Cc2ccccc2)C(=O)NC2CCCCC2)S(=O)(=O)c2ccc(OC)c(OC)c2)c1. The average Bonchev–Trinajstić information content (AvgIpc) is 3.18. The van der Waals surface area contributed by atoms with Gasteiger partial charge in [-0.25, -0.2) is 8.42 Å². The topological polar surface area (TPSA) is 124 Å². The van der Waals surface area contributed by atoms with Gasteiger partial charge in [-0.2, -0.15) is 0 Å². The lowest BCUT2D eigenvalue weighted by atomic mass is 9.94. The molecule has 0 unspecified atom stereocenters. The van der Waals surface area contributed by atoms with Gasteiger partial charge >= 0.3 is 0 Å². The van der Waals surface area contributed by atoms with Gasteiger partial charge in [0.05, 0.1) is 39.0 Å². The Kier molecular flexibility index (Phi) is 13.5. The molecular weight excluding hydrogens is 718 g/mol. The molecule has 1 N–H and O–H groups in total. The third-order valence-electron chi connectivity index (χ3n) is 9.40. The van der Waals surface area contributed by atoms with Gasteiger partial charge in [-0.15, -0.1) is 0 Å². The third kappa shape index (κ3) is 9.54. The van der Waals surface area contributed by atoms with Crippen molar-refractivity contribution in [3.63, 3.8) is 0 Å². The van der Waals surface area contributed by atoms with E-state index in [0.29, 0.717) is 22.1 Å². The number of nitrogens with zero attached hydrogens (tertiary/aromatic N) is 2. The second-order valence-corrected chi connectivity index (χ2v) is 15.0. The molecule has 0 saturated heterocycles. The fraction of sp³-hybridized carbons (Fsp3) is 0.350. The Hall–Kier alpha value is -4.94. The monoisotopic (exact) mass is 763 g/mol. The lowest BCUT2D eigenvalue weighted by molar-refractivity contribution is -0.140. The first-order valence-electron chi connectivity index (χ1n) is 17.4. The number of hydrogen-bond acceptors (Lipinski definition) is 8. The molecule has 0 radical (unpaired) electrons. The number of carbonyl (C=O) groups excluding carboxylic acids is 2. The Balaban J connectivity index is 1.64. The Morgan fingerprint density at radius 1 is 0.792 bits per heavy atom. The molecule has 0 aromatic heterocycles. The van der Waals surface area contributed by atoms with E-state index in [1.165, 1.54) is 57.6 Å². The molecule has 0 spiro atoms. The summed E-state index contributed by atoms with van der Waals surface area (Å²) in [5.41, 5.74) is 1.48. The zero-order valence-corrected chi connectivity index (χ0v) is 32.0. The maximum Gasteiger partial charge on any atom is 0.265 e. The molecular formula is C40H46ClN3O8S. The molecule has 1 atom stereocenters. The summed E-state index contributed by atoms with van der Waals surface area (Å²) < 4.78 is 52.4. The molecule has 13 heteroatoms. The summed E-state index contributed by atoms with van der Waals surface area (Å²) in [5, 5.41) is 3.62.